The Morgan fingerprint density at radius 1 is 1.35 bits per heavy atom. The third-order valence-corrected chi connectivity index (χ3v) is 3.93. The summed E-state index contributed by atoms with van der Waals surface area (Å²) in [5.41, 5.74) is 0.186. The molecule has 108 valence electrons. The number of amides is 2. The fraction of sp³-hybridized carbons (Fsp3) is 0.462. The lowest BCUT2D eigenvalue weighted by Gasteiger charge is -2.19. The van der Waals surface area contributed by atoms with Crippen molar-refractivity contribution in [2.75, 3.05) is 0 Å². The molecule has 1 N–H and O–H groups in total. The summed E-state index contributed by atoms with van der Waals surface area (Å²) < 4.78 is 6.48. The molecule has 0 bridgehead atoms. The zero-order chi connectivity index (χ0) is 14.9. The van der Waals surface area contributed by atoms with Crippen LogP contribution in [0.1, 0.15) is 37.6 Å². The minimum Gasteiger partial charge on any atom is -0.374 e. The quantitative estimate of drug-likeness (QED) is 0.816. The Bertz CT molecular complexity index is 710. The average Bonchev–Trinajstić information content (AvgIpc) is 2.94. The number of nitrogens with zero attached hydrogens (tertiary/aromatic N) is 1. The first-order valence-corrected chi connectivity index (χ1v) is 7.39. The van der Waals surface area contributed by atoms with Crippen LogP contribution in [0.15, 0.2) is 14.7 Å². The van der Waals surface area contributed by atoms with Crippen LogP contribution in [0.25, 0.3) is 11.0 Å². The van der Waals surface area contributed by atoms with Crippen LogP contribution in [-0.4, -0.2) is 16.6 Å². The number of aryl methyl sites for hydroxylation is 1. The Labute approximate surface area is 119 Å². The first-order chi connectivity index (χ1) is 9.58. The predicted octanol–water partition coefficient (Wildman–Crippen LogP) is 1.97. The fourth-order valence-electron chi connectivity index (χ4n) is 2.13. The lowest BCUT2D eigenvalue weighted by molar-refractivity contribution is -0.137. The van der Waals surface area contributed by atoms with Crippen molar-refractivity contribution in [3.8, 4) is 0 Å². The van der Waals surface area contributed by atoms with Crippen molar-refractivity contribution in [3.63, 3.8) is 0 Å². The molecule has 2 amide bonds. The SMILES string of the molecule is CC.Cc1scc2on(C3CCC(=O)NC3=O)c(=O)c12. The number of carbonyl (C=O) groups is 2. The van der Waals surface area contributed by atoms with E-state index in [1.165, 1.54) is 11.3 Å². The maximum atomic E-state index is 12.1. The van der Waals surface area contributed by atoms with Gasteiger partial charge >= 0.3 is 0 Å². The normalized spacial score (nSPS) is 18.6. The van der Waals surface area contributed by atoms with E-state index in [2.05, 4.69) is 5.32 Å². The van der Waals surface area contributed by atoms with Crippen molar-refractivity contribution >= 4 is 34.1 Å². The number of nitrogens with one attached hydrogen (secondary N) is 1. The van der Waals surface area contributed by atoms with Crippen molar-refractivity contribution in [1.29, 1.82) is 0 Å². The maximum absolute atomic E-state index is 12.1. The summed E-state index contributed by atoms with van der Waals surface area (Å²) in [6, 6.07) is -0.730. The molecule has 0 spiro atoms. The smallest absolute Gasteiger partial charge is 0.292 e. The molecule has 1 fully saturated rings. The third kappa shape index (κ3) is 2.29. The van der Waals surface area contributed by atoms with Crippen molar-refractivity contribution in [2.45, 2.75) is 39.7 Å². The average molecular weight is 296 g/mol. The number of rotatable bonds is 1. The number of hydrogen-bond donors (Lipinski definition) is 1. The Morgan fingerprint density at radius 2 is 2.05 bits per heavy atom. The molecule has 1 atom stereocenters. The van der Waals surface area contributed by atoms with Gasteiger partial charge in [0, 0.05) is 16.7 Å². The van der Waals surface area contributed by atoms with Crippen molar-refractivity contribution in [1.82, 2.24) is 10.1 Å². The van der Waals surface area contributed by atoms with Crippen molar-refractivity contribution in [2.24, 2.45) is 0 Å². The molecule has 1 unspecified atom stereocenters. The molecule has 3 heterocycles. The van der Waals surface area contributed by atoms with E-state index in [-0.39, 0.29) is 17.9 Å². The molecule has 0 aromatic carbocycles. The van der Waals surface area contributed by atoms with Crippen molar-refractivity contribution in [3.05, 3.63) is 20.6 Å². The number of hydrogen-bond acceptors (Lipinski definition) is 5. The Kier molecular flexibility index (Phi) is 4.08. The summed E-state index contributed by atoms with van der Waals surface area (Å²) >= 11 is 1.43. The second-order valence-corrected chi connectivity index (χ2v) is 5.30. The minimum absolute atomic E-state index is 0.218. The highest BCUT2D eigenvalue weighted by atomic mass is 32.1. The molecular weight excluding hydrogens is 280 g/mol. The summed E-state index contributed by atoms with van der Waals surface area (Å²) in [5.74, 6) is -0.792. The van der Waals surface area contributed by atoms with Gasteiger partial charge in [-0.2, -0.15) is 4.74 Å². The molecular formula is C13H16N2O4S. The summed E-state index contributed by atoms with van der Waals surface area (Å²) in [5, 5.41) is 4.47. The highest BCUT2D eigenvalue weighted by Gasteiger charge is 2.31. The van der Waals surface area contributed by atoms with Crippen LogP contribution >= 0.6 is 11.3 Å². The topological polar surface area (TPSA) is 81.3 Å². The number of piperidine rings is 1. The van der Waals surface area contributed by atoms with Gasteiger partial charge in [0.2, 0.25) is 5.91 Å². The second kappa shape index (κ2) is 5.62. The standard InChI is InChI=1S/C11H10N2O4S.C2H6/c1-5-9-7(4-18-5)17-13(11(9)16)6-2-3-8(14)12-10(6)15;1-2/h4,6H,2-3H2,1H3,(H,12,14,15);1-2H3. The zero-order valence-electron chi connectivity index (χ0n) is 11.6. The van der Waals surface area contributed by atoms with Gasteiger partial charge in [0.25, 0.3) is 11.5 Å². The van der Waals surface area contributed by atoms with Crippen LogP contribution in [0.3, 0.4) is 0 Å². The number of aromatic nitrogens is 1. The number of thiophene rings is 1. The van der Waals surface area contributed by atoms with Gasteiger partial charge in [-0.1, -0.05) is 13.8 Å². The van der Waals surface area contributed by atoms with Crippen LogP contribution in [0.5, 0.6) is 0 Å². The minimum atomic E-state index is -0.730. The van der Waals surface area contributed by atoms with Gasteiger partial charge in [-0.25, -0.2) is 0 Å². The number of fused-ring (bicyclic) bond motifs is 1. The molecule has 0 saturated carbocycles. The van der Waals surface area contributed by atoms with Gasteiger partial charge in [-0.05, 0) is 13.3 Å². The number of imide groups is 1. The van der Waals surface area contributed by atoms with Gasteiger partial charge < -0.3 is 4.52 Å². The van der Waals surface area contributed by atoms with Gasteiger partial charge in [-0.3, -0.25) is 19.7 Å². The molecule has 1 saturated heterocycles. The van der Waals surface area contributed by atoms with E-state index >= 15 is 0 Å². The maximum Gasteiger partial charge on any atom is 0.292 e. The molecule has 0 radical (unpaired) electrons. The van der Waals surface area contributed by atoms with Crippen LogP contribution < -0.4 is 10.9 Å². The van der Waals surface area contributed by atoms with E-state index < -0.39 is 11.9 Å². The molecule has 7 heteroatoms. The van der Waals surface area contributed by atoms with Crippen LogP contribution in [-0.2, 0) is 9.59 Å². The van der Waals surface area contributed by atoms with E-state index in [1.54, 1.807) is 5.38 Å². The highest BCUT2D eigenvalue weighted by molar-refractivity contribution is 7.11. The third-order valence-electron chi connectivity index (χ3n) is 3.05. The van der Waals surface area contributed by atoms with E-state index in [9.17, 15) is 14.4 Å². The molecule has 20 heavy (non-hydrogen) atoms. The largest absolute Gasteiger partial charge is 0.374 e. The number of carbonyl (C=O) groups excluding carboxylic acids is 2. The molecule has 3 rings (SSSR count). The van der Waals surface area contributed by atoms with E-state index in [1.807, 2.05) is 20.8 Å². The van der Waals surface area contributed by atoms with Crippen LogP contribution in [0.4, 0.5) is 0 Å². The van der Waals surface area contributed by atoms with Gasteiger partial charge in [0.1, 0.15) is 11.4 Å². The second-order valence-electron chi connectivity index (χ2n) is 4.22. The molecule has 6 nitrogen and oxygen atoms in total. The Balaban J connectivity index is 0.000000704. The lowest BCUT2D eigenvalue weighted by atomic mass is 10.1. The lowest BCUT2D eigenvalue weighted by Crippen LogP contribution is -2.43. The fourth-order valence-corrected chi connectivity index (χ4v) is 2.88. The van der Waals surface area contributed by atoms with E-state index in [4.69, 9.17) is 4.52 Å². The molecule has 1 aliphatic rings. The van der Waals surface area contributed by atoms with Crippen molar-refractivity contribution < 1.29 is 14.1 Å². The molecule has 2 aromatic heterocycles. The Hall–Kier alpha value is -1.89. The molecule has 0 aliphatic carbocycles. The van der Waals surface area contributed by atoms with E-state index in [0.717, 1.165) is 9.62 Å². The molecule has 2 aromatic rings. The van der Waals surface area contributed by atoms with E-state index in [0.29, 0.717) is 17.4 Å². The van der Waals surface area contributed by atoms with Gasteiger partial charge in [0.15, 0.2) is 5.58 Å². The first kappa shape index (κ1) is 14.5. The summed E-state index contributed by atoms with van der Waals surface area (Å²) in [7, 11) is 0. The monoisotopic (exact) mass is 296 g/mol. The van der Waals surface area contributed by atoms with Crippen LogP contribution in [0, 0.1) is 6.92 Å². The summed E-state index contributed by atoms with van der Waals surface area (Å²) in [6.45, 7) is 5.83. The Morgan fingerprint density at radius 3 is 2.65 bits per heavy atom. The zero-order valence-corrected chi connectivity index (χ0v) is 12.4. The summed E-state index contributed by atoms with van der Waals surface area (Å²) in [4.78, 5) is 35.8. The molecule has 1 aliphatic heterocycles. The highest BCUT2D eigenvalue weighted by Crippen LogP contribution is 2.25. The predicted molar refractivity (Wildman–Crippen MR) is 75.9 cm³/mol. The summed E-state index contributed by atoms with van der Waals surface area (Å²) in [6.07, 6.45) is 0.512. The van der Waals surface area contributed by atoms with Gasteiger partial charge in [-0.15, -0.1) is 11.3 Å². The first-order valence-electron chi connectivity index (χ1n) is 6.51. The van der Waals surface area contributed by atoms with Crippen LogP contribution in [0.2, 0.25) is 0 Å². The van der Waals surface area contributed by atoms with Gasteiger partial charge in [0.05, 0.1) is 0 Å².